The topological polar surface area (TPSA) is 69.6 Å². The Labute approximate surface area is 103 Å². The summed E-state index contributed by atoms with van der Waals surface area (Å²) in [5.41, 5.74) is 6.08. The summed E-state index contributed by atoms with van der Waals surface area (Å²) in [6.45, 7) is 0. The second-order valence-electron chi connectivity index (χ2n) is 2.64. The molecule has 0 aliphatic carbocycles. The molecule has 5 nitrogen and oxygen atoms in total. The molecule has 8 heteroatoms. The fourth-order valence-corrected chi connectivity index (χ4v) is 1.89. The first-order valence-electron chi connectivity index (χ1n) is 3.79. The molecule has 0 fully saturated rings. The molecule has 15 heavy (non-hydrogen) atoms. The number of nitrogens with two attached hydrogens (primary N) is 1. The van der Waals surface area contributed by atoms with Gasteiger partial charge >= 0.3 is 0 Å². The van der Waals surface area contributed by atoms with Crippen molar-refractivity contribution in [2.45, 2.75) is 0 Å². The molecule has 1 heterocycles. The van der Waals surface area contributed by atoms with Crippen molar-refractivity contribution in [1.29, 1.82) is 0 Å². The number of nitrogen functional groups attached to an aromatic ring is 1. The van der Waals surface area contributed by atoms with Crippen LogP contribution in [0.2, 0.25) is 10.0 Å². The van der Waals surface area contributed by atoms with Gasteiger partial charge in [0.05, 0.1) is 15.7 Å². The van der Waals surface area contributed by atoms with Crippen molar-refractivity contribution in [3.8, 4) is 5.69 Å². The van der Waals surface area contributed by atoms with Crippen molar-refractivity contribution in [1.82, 2.24) is 20.2 Å². The molecule has 0 bridgehead atoms. The highest BCUT2D eigenvalue weighted by Gasteiger charge is 2.13. The van der Waals surface area contributed by atoms with Crippen molar-refractivity contribution in [3.05, 3.63) is 26.7 Å². The van der Waals surface area contributed by atoms with E-state index in [0.717, 1.165) is 0 Å². The highest BCUT2D eigenvalue weighted by Crippen LogP contribution is 2.34. The highest BCUT2D eigenvalue weighted by atomic mass is 79.9. The number of halogens is 3. The maximum absolute atomic E-state index is 6.03. The van der Waals surface area contributed by atoms with Gasteiger partial charge in [-0.15, -0.1) is 0 Å². The number of benzene rings is 1. The van der Waals surface area contributed by atoms with E-state index in [2.05, 4.69) is 31.5 Å². The van der Waals surface area contributed by atoms with Crippen LogP contribution >= 0.6 is 39.1 Å². The lowest BCUT2D eigenvalue weighted by atomic mass is 10.3. The van der Waals surface area contributed by atoms with Crippen molar-refractivity contribution in [3.63, 3.8) is 0 Å². The van der Waals surface area contributed by atoms with Crippen LogP contribution in [0.15, 0.2) is 16.6 Å². The standard InChI is InChI=1S/C7H4BrCl2N5/c8-3-1-2-4(6(10)5(3)9)15-7(11)12-13-14-15/h1-2H,(H2,11,12,14). The SMILES string of the molecule is Nc1nnnn1-c1ccc(Br)c(Cl)c1Cl. The van der Waals surface area contributed by atoms with Gasteiger partial charge in [-0.25, -0.2) is 0 Å². The number of aromatic nitrogens is 4. The normalized spacial score (nSPS) is 10.6. The largest absolute Gasteiger partial charge is 0.366 e. The highest BCUT2D eigenvalue weighted by molar-refractivity contribution is 9.10. The molecule has 78 valence electrons. The van der Waals surface area contributed by atoms with Crippen LogP contribution in [0, 0.1) is 0 Å². The Kier molecular flexibility index (Phi) is 2.81. The molecule has 0 aliphatic heterocycles. The summed E-state index contributed by atoms with van der Waals surface area (Å²) in [5, 5.41) is 11.4. The molecule has 1 aromatic carbocycles. The summed E-state index contributed by atoms with van der Waals surface area (Å²) in [7, 11) is 0. The first kappa shape index (κ1) is 10.7. The Balaban J connectivity index is 2.65. The Bertz CT molecular complexity index is 512. The Morgan fingerprint density at radius 1 is 1.27 bits per heavy atom. The molecule has 1 aromatic heterocycles. The lowest BCUT2D eigenvalue weighted by Gasteiger charge is -2.06. The van der Waals surface area contributed by atoms with Crippen molar-refractivity contribution >= 4 is 45.1 Å². The van der Waals surface area contributed by atoms with Gasteiger partial charge in [0.2, 0.25) is 5.95 Å². The second-order valence-corrected chi connectivity index (χ2v) is 4.25. The molecule has 0 saturated heterocycles. The quantitative estimate of drug-likeness (QED) is 0.821. The molecule has 0 unspecified atom stereocenters. The van der Waals surface area contributed by atoms with E-state index in [1.165, 1.54) is 4.68 Å². The summed E-state index contributed by atoms with van der Waals surface area (Å²) in [4.78, 5) is 0. The van der Waals surface area contributed by atoms with E-state index < -0.39 is 0 Å². The molecule has 0 amide bonds. The van der Waals surface area contributed by atoms with Gasteiger partial charge in [0.15, 0.2) is 0 Å². The zero-order chi connectivity index (χ0) is 11.0. The Morgan fingerprint density at radius 2 is 2.00 bits per heavy atom. The summed E-state index contributed by atoms with van der Waals surface area (Å²) in [6, 6.07) is 3.45. The molecule has 0 radical (unpaired) electrons. The average molecular weight is 309 g/mol. The molecule has 0 atom stereocenters. The molecule has 2 N–H and O–H groups in total. The van der Waals surface area contributed by atoms with Crippen molar-refractivity contribution in [2.24, 2.45) is 0 Å². The second kappa shape index (κ2) is 3.96. The molecular formula is C7H4BrCl2N5. The number of nitrogens with zero attached hydrogens (tertiary/aromatic N) is 4. The first-order valence-corrected chi connectivity index (χ1v) is 5.34. The lowest BCUT2D eigenvalue weighted by molar-refractivity contribution is 0.792. The van der Waals surface area contributed by atoms with Gasteiger partial charge in [-0.2, -0.15) is 4.68 Å². The van der Waals surface area contributed by atoms with Gasteiger partial charge in [-0.05, 0) is 38.5 Å². The third-order valence-electron chi connectivity index (χ3n) is 1.74. The lowest BCUT2D eigenvalue weighted by Crippen LogP contribution is -2.03. The minimum Gasteiger partial charge on any atom is -0.366 e. The van der Waals surface area contributed by atoms with E-state index >= 15 is 0 Å². The molecule has 0 spiro atoms. The molecule has 2 aromatic rings. The molecular weight excluding hydrogens is 305 g/mol. The zero-order valence-corrected chi connectivity index (χ0v) is 10.3. The number of hydrogen-bond acceptors (Lipinski definition) is 4. The van der Waals surface area contributed by atoms with Crippen molar-refractivity contribution in [2.75, 3.05) is 5.73 Å². The van der Waals surface area contributed by atoms with Crippen LogP contribution in [0.4, 0.5) is 5.95 Å². The Morgan fingerprint density at radius 3 is 2.60 bits per heavy atom. The maximum atomic E-state index is 6.03. The van der Waals surface area contributed by atoms with Gasteiger partial charge < -0.3 is 5.73 Å². The summed E-state index contributed by atoms with van der Waals surface area (Å²) < 4.78 is 2.00. The van der Waals surface area contributed by atoms with E-state index in [4.69, 9.17) is 28.9 Å². The van der Waals surface area contributed by atoms with Crippen LogP contribution in [0.3, 0.4) is 0 Å². The first-order chi connectivity index (χ1) is 7.11. The van der Waals surface area contributed by atoms with Gasteiger partial charge in [-0.1, -0.05) is 28.3 Å². The van der Waals surface area contributed by atoms with E-state index in [1.807, 2.05) is 0 Å². The Hall–Kier alpha value is -0.850. The third kappa shape index (κ3) is 1.80. The van der Waals surface area contributed by atoms with Gasteiger partial charge in [-0.3, -0.25) is 0 Å². The number of rotatable bonds is 1. The molecule has 0 saturated carbocycles. The number of anilines is 1. The summed E-state index contributed by atoms with van der Waals surface area (Å²) in [6.07, 6.45) is 0. The van der Waals surface area contributed by atoms with Crippen LogP contribution < -0.4 is 5.73 Å². The van der Waals surface area contributed by atoms with E-state index in [-0.39, 0.29) is 5.95 Å². The average Bonchev–Trinajstić information content (AvgIpc) is 2.62. The third-order valence-corrected chi connectivity index (χ3v) is 3.50. The van der Waals surface area contributed by atoms with E-state index in [9.17, 15) is 0 Å². The number of hydrogen-bond donors (Lipinski definition) is 1. The molecule has 2 rings (SSSR count). The smallest absolute Gasteiger partial charge is 0.245 e. The van der Waals surface area contributed by atoms with Crippen molar-refractivity contribution < 1.29 is 0 Å². The maximum Gasteiger partial charge on any atom is 0.245 e. The number of tetrazole rings is 1. The minimum atomic E-state index is 0.148. The summed E-state index contributed by atoms with van der Waals surface area (Å²) in [5.74, 6) is 0.148. The fourth-order valence-electron chi connectivity index (χ4n) is 1.04. The van der Waals surface area contributed by atoms with E-state index in [1.54, 1.807) is 12.1 Å². The van der Waals surface area contributed by atoms with E-state index in [0.29, 0.717) is 20.2 Å². The van der Waals surface area contributed by atoms with Crippen LogP contribution in [0.1, 0.15) is 0 Å². The summed E-state index contributed by atoms with van der Waals surface area (Å²) >= 11 is 15.2. The van der Waals surface area contributed by atoms with Crippen LogP contribution in [0.25, 0.3) is 5.69 Å². The van der Waals surface area contributed by atoms with Gasteiger partial charge in [0.1, 0.15) is 0 Å². The molecule has 0 aliphatic rings. The van der Waals surface area contributed by atoms with Crippen LogP contribution in [-0.4, -0.2) is 20.2 Å². The predicted molar refractivity (Wildman–Crippen MR) is 61.3 cm³/mol. The minimum absolute atomic E-state index is 0.148. The predicted octanol–water partition coefficient (Wildman–Crippen LogP) is 2.31. The van der Waals surface area contributed by atoms with Crippen LogP contribution in [0.5, 0.6) is 0 Å². The zero-order valence-electron chi connectivity index (χ0n) is 7.15. The van der Waals surface area contributed by atoms with Gasteiger partial charge in [0, 0.05) is 4.47 Å². The van der Waals surface area contributed by atoms with Gasteiger partial charge in [0.25, 0.3) is 0 Å². The fraction of sp³-hybridized carbons (Fsp3) is 0. The van der Waals surface area contributed by atoms with Crippen LogP contribution in [-0.2, 0) is 0 Å². The monoisotopic (exact) mass is 307 g/mol.